The third-order valence-electron chi connectivity index (χ3n) is 4.21. The van der Waals surface area contributed by atoms with Crippen molar-refractivity contribution < 1.29 is 4.79 Å². The molecule has 1 heteroatoms. The van der Waals surface area contributed by atoms with Crippen molar-refractivity contribution in [3.63, 3.8) is 0 Å². The number of aryl methyl sites for hydroxylation is 1. The van der Waals surface area contributed by atoms with Gasteiger partial charge < -0.3 is 0 Å². The summed E-state index contributed by atoms with van der Waals surface area (Å²) < 4.78 is 0. The van der Waals surface area contributed by atoms with Crippen molar-refractivity contribution in [2.24, 2.45) is 5.92 Å². The van der Waals surface area contributed by atoms with E-state index in [1.807, 2.05) is 12.1 Å². The third kappa shape index (κ3) is 3.97. The molecule has 2 rings (SSSR count). The summed E-state index contributed by atoms with van der Waals surface area (Å²) in [5.41, 5.74) is 2.44. The summed E-state index contributed by atoms with van der Waals surface area (Å²) >= 11 is 0. The smallest absolute Gasteiger partial charge is 0.137 e. The molecule has 1 aromatic carbocycles. The fraction of sp³-hybridized carbons (Fsp3) is 0.588. The van der Waals surface area contributed by atoms with E-state index in [1.54, 1.807) is 0 Å². The van der Waals surface area contributed by atoms with Crippen LogP contribution in [0.15, 0.2) is 24.3 Å². The van der Waals surface area contributed by atoms with Gasteiger partial charge >= 0.3 is 0 Å². The summed E-state index contributed by atoms with van der Waals surface area (Å²) in [6.07, 6.45) is 9.35. The number of Topliss-reactive ketones (excluding diaryl/α,β-unsaturated/α-hetero) is 1. The molecule has 0 amide bonds. The number of benzene rings is 1. The second-order valence-corrected chi connectivity index (χ2v) is 5.68. The number of hydrogen-bond donors (Lipinski definition) is 0. The lowest BCUT2D eigenvalue weighted by Gasteiger charge is -2.20. The zero-order valence-corrected chi connectivity index (χ0v) is 11.5. The monoisotopic (exact) mass is 244 g/mol. The van der Waals surface area contributed by atoms with Gasteiger partial charge in [-0.2, -0.15) is 0 Å². The Hall–Kier alpha value is -1.11. The van der Waals surface area contributed by atoms with Crippen LogP contribution in [0.5, 0.6) is 0 Å². The maximum absolute atomic E-state index is 12.0. The normalized spacial score (nSPS) is 16.7. The summed E-state index contributed by atoms with van der Waals surface area (Å²) in [6, 6.07) is 8.22. The Kier molecular flexibility index (Phi) is 4.98. The molecule has 1 aromatic rings. The molecule has 18 heavy (non-hydrogen) atoms. The highest BCUT2D eigenvalue weighted by atomic mass is 16.1. The van der Waals surface area contributed by atoms with Gasteiger partial charge in [-0.25, -0.2) is 0 Å². The maximum atomic E-state index is 12.0. The van der Waals surface area contributed by atoms with Gasteiger partial charge in [0, 0.05) is 12.8 Å². The maximum Gasteiger partial charge on any atom is 0.137 e. The molecule has 0 saturated heterocycles. The van der Waals surface area contributed by atoms with Crippen molar-refractivity contribution in [1.82, 2.24) is 0 Å². The molecule has 0 aliphatic heterocycles. The fourth-order valence-corrected chi connectivity index (χ4v) is 2.95. The van der Waals surface area contributed by atoms with Crippen LogP contribution in [0.2, 0.25) is 0 Å². The van der Waals surface area contributed by atoms with Gasteiger partial charge in [0.15, 0.2) is 0 Å². The van der Waals surface area contributed by atoms with E-state index >= 15 is 0 Å². The van der Waals surface area contributed by atoms with Crippen molar-refractivity contribution in [3.05, 3.63) is 35.4 Å². The second kappa shape index (κ2) is 6.72. The van der Waals surface area contributed by atoms with Crippen LogP contribution in [0.25, 0.3) is 0 Å². The van der Waals surface area contributed by atoms with Crippen LogP contribution in [0.1, 0.15) is 56.1 Å². The molecule has 1 aliphatic carbocycles. The van der Waals surface area contributed by atoms with Crippen molar-refractivity contribution in [2.45, 2.75) is 58.3 Å². The van der Waals surface area contributed by atoms with Crippen molar-refractivity contribution in [2.75, 3.05) is 0 Å². The molecule has 1 saturated carbocycles. The molecule has 1 fully saturated rings. The minimum Gasteiger partial charge on any atom is -0.299 e. The fourth-order valence-electron chi connectivity index (χ4n) is 2.95. The van der Waals surface area contributed by atoms with Gasteiger partial charge in [0.2, 0.25) is 0 Å². The molecule has 0 atom stereocenters. The van der Waals surface area contributed by atoms with Crippen molar-refractivity contribution >= 4 is 5.78 Å². The average Bonchev–Trinajstić information content (AvgIpc) is 2.40. The lowest BCUT2D eigenvalue weighted by atomic mass is 9.85. The van der Waals surface area contributed by atoms with Crippen LogP contribution >= 0.6 is 0 Å². The molecule has 0 radical (unpaired) electrons. The van der Waals surface area contributed by atoms with E-state index in [4.69, 9.17) is 0 Å². The molecule has 1 nitrogen and oxygen atoms in total. The highest BCUT2D eigenvalue weighted by Crippen LogP contribution is 2.27. The van der Waals surface area contributed by atoms with Crippen LogP contribution in [-0.2, 0) is 11.2 Å². The first kappa shape index (κ1) is 13.3. The van der Waals surface area contributed by atoms with Gasteiger partial charge in [0.05, 0.1) is 0 Å². The van der Waals surface area contributed by atoms with E-state index in [-0.39, 0.29) is 0 Å². The van der Waals surface area contributed by atoms with Crippen LogP contribution < -0.4 is 0 Å². The zero-order chi connectivity index (χ0) is 12.8. The first-order valence-corrected chi connectivity index (χ1v) is 7.32. The minimum absolute atomic E-state index is 0.412. The average molecular weight is 244 g/mol. The molecule has 98 valence electrons. The van der Waals surface area contributed by atoms with Crippen LogP contribution in [0, 0.1) is 12.8 Å². The Morgan fingerprint density at radius 1 is 1.17 bits per heavy atom. The highest BCUT2D eigenvalue weighted by molar-refractivity contribution is 5.81. The van der Waals surface area contributed by atoms with Crippen molar-refractivity contribution in [1.29, 1.82) is 0 Å². The third-order valence-corrected chi connectivity index (χ3v) is 4.21. The SMILES string of the molecule is Cc1ccccc1CC(=O)CCC1CCCCC1. The Morgan fingerprint density at radius 2 is 1.89 bits per heavy atom. The van der Waals surface area contributed by atoms with Gasteiger partial charge in [-0.15, -0.1) is 0 Å². The second-order valence-electron chi connectivity index (χ2n) is 5.68. The summed E-state index contributed by atoms with van der Waals surface area (Å²) in [5, 5.41) is 0. The number of ketones is 1. The number of carbonyl (C=O) groups excluding carboxylic acids is 1. The standard InChI is InChI=1S/C17H24O/c1-14-7-5-6-10-16(14)13-17(18)12-11-15-8-3-2-4-9-15/h5-7,10,15H,2-4,8-9,11-13H2,1H3. The number of rotatable bonds is 5. The summed E-state index contributed by atoms with van der Waals surface area (Å²) in [4.78, 5) is 12.0. The first-order valence-electron chi connectivity index (χ1n) is 7.32. The lowest BCUT2D eigenvalue weighted by Crippen LogP contribution is -2.10. The van der Waals surface area contributed by atoms with Gasteiger partial charge in [0.25, 0.3) is 0 Å². The topological polar surface area (TPSA) is 17.1 Å². The van der Waals surface area contributed by atoms with Crippen LogP contribution in [0.3, 0.4) is 0 Å². The predicted molar refractivity (Wildman–Crippen MR) is 75.7 cm³/mol. The largest absolute Gasteiger partial charge is 0.299 e. The summed E-state index contributed by atoms with van der Waals surface area (Å²) in [7, 11) is 0. The van der Waals surface area contributed by atoms with Crippen LogP contribution in [-0.4, -0.2) is 5.78 Å². The number of hydrogen-bond acceptors (Lipinski definition) is 1. The molecule has 0 N–H and O–H groups in total. The van der Waals surface area contributed by atoms with E-state index in [9.17, 15) is 4.79 Å². The molecule has 0 bridgehead atoms. The molecule has 0 aromatic heterocycles. The predicted octanol–water partition coefficient (Wildman–Crippen LogP) is 4.47. The van der Waals surface area contributed by atoms with Gasteiger partial charge in [0.1, 0.15) is 5.78 Å². The van der Waals surface area contributed by atoms with Crippen molar-refractivity contribution in [3.8, 4) is 0 Å². The number of carbonyl (C=O) groups is 1. The first-order chi connectivity index (χ1) is 8.75. The van der Waals surface area contributed by atoms with E-state index in [0.29, 0.717) is 12.2 Å². The molecule has 1 aliphatic rings. The molecule has 0 heterocycles. The van der Waals surface area contributed by atoms with Gasteiger partial charge in [-0.1, -0.05) is 56.4 Å². The lowest BCUT2D eigenvalue weighted by molar-refractivity contribution is -0.118. The van der Waals surface area contributed by atoms with E-state index in [2.05, 4.69) is 19.1 Å². The molecule has 0 unspecified atom stereocenters. The molecule has 0 spiro atoms. The van der Waals surface area contributed by atoms with Gasteiger partial charge in [-0.3, -0.25) is 4.79 Å². The Labute approximate surface area is 111 Å². The quantitative estimate of drug-likeness (QED) is 0.747. The van der Waals surface area contributed by atoms with E-state index < -0.39 is 0 Å². The van der Waals surface area contributed by atoms with Gasteiger partial charge in [-0.05, 0) is 30.4 Å². The Balaban J connectivity index is 1.76. The Bertz CT molecular complexity index is 388. The molecular weight excluding hydrogens is 220 g/mol. The van der Waals surface area contributed by atoms with Crippen LogP contribution in [0.4, 0.5) is 0 Å². The highest BCUT2D eigenvalue weighted by Gasteiger charge is 2.15. The Morgan fingerprint density at radius 3 is 2.61 bits per heavy atom. The molecular formula is C17H24O. The summed E-state index contributed by atoms with van der Waals surface area (Å²) in [5.74, 6) is 1.23. The minimum atomic E-state index is 0.412. The van der Waals surface area contributed by atoms with E-state index in [0.717, 1.165) is 18.8 Å². The zero-order valence-electron chi connectivity index (χ0n) is 11.5. The summed E-state index contributed by atoms with van der Waals surface area (Å²) in [6.45, 7) is 2.09. The van der Waals surface area contributed by atoms with E-state index in [1.165, 1.54) is 43.2 Å².